The van der Waals surface area contributed by atoms with Gasteiger partial charge in [-0.2, -0.15) is 0 Å². The summed E-state index contributed by atoms with van der Waals surface area (Å²) in [6, 6.07) is 15.0. The zero-order valence-corrected chi connectivity index (χ0v) is 12.4. The molecule has 0 bridgehead atoms. The van der Waals surface area contributed by atoms with Crippen LogP contribution in [-0.2, 0) is 6.54 Å². The molecule has 0 saturated carbocycles. The second-order valence-corrected chi connectivity index (χ2v) is 4.76. The largest absolute Gasteiger partial charge is 0.496 e. The van der Waals surface area contributed by atoms with E-state index in [0.29, 0.717) is 30.1 Å². The Kier molecular flexibility index (Phi) is 4.82. The van der Waals surface area contributed by atoms with Crippen LogP contribution in [0, 0.1) is 0 Å². The normalized spacial score (nSPS) is 10.2. The van der Waals surface area contributed by atoms with Crippen molar-refractivity contribution in [1.82, 2.24) is 4.90 Å². The van der Waals surface area contributed by atoms with Gasteiger partial charge in [0.05, 0.1) is 12.7 Å². The van der Waals surface area contributed by atoms with Gasteiger partial charge in [-0.3, -0.25) is 4.79 Å². The maximum absolute atomic E-state index is 12.7. The molecule has 0 fully saturated rings. The van der Waals surface area contributed by atoms with E-state index in [1.54, 1.807) is 30.2 Å². The second-order valence-electron chi connectivity index (χ2n) is 4.76. The van der Waals surface area contributed by atoms with Gasteiger partial charge in [0.15, 0.2) is 0 Å². The van der Waals surface area contributed by atoms with Gasteiger partial charge >= 0.3 is 0 Å². The van der Waals surface area contributed by atoms with Crippen molar-refractivity contribution in [2.24, 2.45) is 0 Å². The van der Waals surface area contributed by atoms with E-state index in [9.17, 15) is 4.79 Å². The topological polar surface area (TPSA) is 55.6 Å². The predicted molar refractivity (Wildman–Crippen MR) is 84.3 cm³/mol. The molecule has 0 unspecified atom stereocenters. The van der Waals surface area contributed by atoms with Crippen LogP contribution in [-0.4, -0.2) is 24.5 Å². The molecule has 0 aliphatic heterocycles. The Morgan fingerprint density at radius 1 is 1.19 bits per heavy atom. The molecule has 4 nitrogen and oxygen atoms in total. The van der Waals surface area contributed by atoms with Gasteiger partial charge in [0.25, 0.3) is 5.91 Å². The summed E-state index contributed by atoms with van der Waals surface area (Å²) in [5.41, 5.74) is 7.94. The standard InChI is InChI=1S/C17H20N2O2/c1-3-19(12-13-7-5-4-6-8-13)17(20)15-10-9-14(18)11-16(15)21-2/h4-11H,3,12,18H2,1-2H3. The first-order chi connectivity index (χ1) is 10.2. The summed E-state index contributed by atoms with van der Waals surface area (Å²) in [5, 5.41) is 0. The maximum Gasteiger partial charge on any atom is 0.257 e. The molecule has 110 valence electrons. The van der Waals surface area contributed by atoms with Crippen molar-refractivity contribution in [3.8, 4) is 5.75 Å². The Bertz CT molecular complexity index is 611. The average Bonchev–Trinajstić information content (AvgIpc) is 2.52. The first-order valence-corrected chi connectivity index (χ1v) is 6.92. The maximum atomic E-state index is 12.7. The highest BCUT2D eigenvalue weighted by Crippen LogP contribution is 2.23. The Labute approximate surface area is 125 Å². The number of methoxy groups -OCH3 is 1. The number of nitrogens with zero attached hydrogens (tertiary/aromatic N) is 1. The predicted octanol–water partition coefficient (Wildman–Crippen LogP) is 2.94. The SMILES string of the molecule is CCN(Cc1ccccc1)C(=O)c1ccc(N)cc1OC. The van der Waals surface area contributed by atoms with Crippen molar-refractivity contribution < 1.29 is 9.53 Å². The van der Waals surface area contributed by atoms with E-state index >= 15 is 0 Å². The van der Waals surface area contributed by atoms with Gasteiger partial charge in [-0.25, -0.2) is 0 Å². The molecule has 21 heavy (non-hydrogen) atoms. The van der Waals surface area contributed by atoms with Crippen LogP contribution in [0.3, 0.4) is 0 Å². The summed E-state index contributed by atoms with van der Waals surface area (Å²) < 4.78 is 5.26. The van der Waals surface area contributed by atoms with E-state index in [-0.39, 0.29) is 5.91 Å². The van der Waals surface area contributed by atoms with E-state index in [4.69, 9.17) is 10.5 Å². The van der Waals surface area contributed by atoms with Crippen molar-refractivity contribution in [2.75, 3.05) is 19.4 Å². The van der Waals surface area contributed by atoms with Gasteiger partial charge in [0.2, 0.25) is 0 Å². The number of hydrogen-bond acceptors (Lipinski definition) is 3. The monoisotopic (exact) mass is 284 g/mol. The first-order valence-electron chi connectivity index (χ1n) is 6.92. The molecule has 4 heteroatoms. The zero-order chi connectivity index (χ0) is 15.2. The first kappa shape index (κ1) is 14.9. The molecule has 2 rings (SSSR count). The van der Waals surface area contributed by atoms with Crippen LogP contribution in [0.5, 0.6) is 5.75 Å². The van der Waals surface area contributed by atoms with E-state index in [1.165, 1.54) is 0 Å². The zero-order valence-electron chi connectivity index (χ0n) is 12.4. The molecule has 0 aliphatic rings. The number of nitrogens with two attached hydrogens (primary N) is 1. The van der Waals surface area contributed by atoms with Gasteiger partial charge in [-0.05, 0) is 24.6 Å². The third kappa shape index (κ3) is 3.54. The quantitative estimate of drug-likeness (QED) is 0.859. The summed E-state index contributed by atoms with van der Waals surface area (Å²) in [6.07, 6.45) is 0. The van der Waals surface area contributed by atoms with Crippen LogP contribution in [0.15, 0.2) is 48.5 Å². The minimum absolute atomic E-state index is 0.0572. The highest BCUT2D eigenvalue weighted by Gasteiger charge is 2.18. The Morgan fingerprint density at radius 2 is 1.90 bits per heavy atom. The lowest BCUT2D eigenvalue weighted by Crippen LogP contribution is -2.30. The number of ether oxygens (including phenoxy) is 1. The Hall–Kier alpha value is -2.49. The molecule has 0 saturated heterocycles. The van der Waals surface area contributed by atoms with E-state index < -0.39 is 0 Å². The summed E-state index contributed by atoms with van der Waals surface area (Å²) in [5.74, 6) is 0.449. The molecule has 0 atom stereocenters. The minimum Gasteiger partial charge on any atom is -0.496 e. The number of hydrogen-bond donors (Lipinski definition) is 1. The van der Waals surface area contributed by atoms with E-state index in [2.05, 4.69) is 0 Å². The lowest BCUT2D eigenvalue weighted by molar-refractivity contribution is 0.0749. The summed E-state index contributed by atoms with van der Waals surface area (Å²) >= 11 is 0. The average molecular weight is 284 g/mol. The van der Waals surface area contributed by atoms with Crippen LogP contribution in [0.2, 0.25) is 0 Å². The molecule has 2 aromatic rings. The molecule has 0 aromatic heterocycles. The van der Waals surface area contributed by atoms with Crippen molar-refractivity contribution in [3.05, 3.63) is 59.7 Å². The molecule has 0 aliphatic carbocycles. The molecule has 1 amide bonds. The van der Waals surface area contributed by atoms with Crippen LogP contribution in [0.25, 0.3) is 0 Å². The molecular weight excluding hydrogens is 264 g/mol. The molecule has 0 spiro atoms. The van der Waals surface area contributed by atoms with Crippen molar-refractivity contribution in [1.29, 1.82) is 0 Å². The van der Waals surface area contributed by atoms with E-state index in [0.717, 1.165) is 5.56 Å². The van der Waals surface area contributed by atoms with Crippen molar-refractivity contribution in [2.45, 2.75) is 13.5 Å². The smallest absolute Gasteiger partial charge is 0.257 e. The van der Waals surface area contributed by atoms with Gasteiger partial charge in [0.1, 0.15) is 5.75 Å². The van der Waals surface area contributed by atoms with Crippen LogP contribution < -0.4 is 10.5 Å². The van der Waals surface area contributed by atoms with Gasteiger partial charge in [0, 0.05) is 24.8 Å². The number of anilines is 1. The fraction of sp³-hybridized carbons (Fsp3) is 0.235. The number of benzene rings is 2. The van der Waals surface area contributed by atoms with E-state index in [1.807, 2.05) is 37.3 Å². The number of carbonyl (C=O) groups excluding carboxylic acids is 1. The molecule has 0 heterocycles. The Balaban J connectivity index is 2.24. The molecule has 0 radical (unpaired) electrons. The summed E-state index contributed by atoms with van der Waals surface area (Å²) in [4.78, 5) is 14.5. The van der Waals surface area contributed by atoms with Crippen LogP contribution in [0.1, 0.15) is 22.8 Å². The molecule has 2 aromatic carbocycles. The minimum atomic E-state index is -0.0572. The lowest BCUT2D eigenvalue weighted by atomic mass is 10.1. The Morgan fingerprint density at radius 3 is 2.52 bits per heavy atom. The van der Waals surface area contributed by atoms with Gasteiger partial charge in [-0.1, -0.05) is 30.3 Å². The number of nitrogen functional groups attached to an aromatic ring is 1. The van der Waals surface area contributed by atoms with Crippen molar-refractivity contribution >= 4 is 11.6 Å². The number of carbonyl (C=O) groups is 1. The second kappa shape index (κ2) is 6.79. The fourth-order valence-electron chi connectivity index (χ4n) is 2.19. The summed E-state index contributed by atoms with van der Waals surface area (Å²) in [7, 11) is 1.54. The highest BCUT2D eigenvalue weighted by molar-refractivity contribution is 5.97. The van der Waals surface area contributed by atoms with Crippen molar-refractivity contribution in [3.63, 3.8) is 0 Å². The highest BCUT2D eigenvalue weighted by atomic mass is 16.5. The van der Waals surface area contributed by atoms with Gasteiger partial charge in [-0.15, -0.1) is 0 Å². The third-order valence-electron chi connectivity index (χ3n) is 3.34. The van der Waals surface area contributed by atoms with Crippen LogP contribution >= 0.6 is 0 Å². The van der Waals surface area contributed by atoms with Gasteiger partial charge < -0.3 is 15.4 Å². The number of amides is 1. The fourth-order valence-corrected chi connectivity index (χ4v) is 2.19. The molecular formula is C17H20N2O2. The molecule has 2 N–H and O–H groups in total. The summed E-state index contributed by atoms with van der Waals surface area (Å²) in [6.45, 7) is 3.16. The third-order valence-corrected chi connectivity index (χ3v) is 3.34. The number of rotatable bonds is 5. The van der Waals surface area contributed by atoms with Crippen LogP contribution in [0.4, 0.5) is 5.69 Å². The lowest BCUT2D eigenvalue weighted by Gasteiger charge is -2.22.